The highest BCUT2D eigenvalue weighted by atomic mass is 19.4. The van der Waals surface area contributed by atoms with Gasteiger partial charge in [-0.25, -0.2) is 0 Å². The van der Waals surface area contributed by atoms with Gasteiger partial charge in [-0.3, -0.25) is 9.69 Å². The van der Waals surface area contributed by atoms with E-state index in [0.717, 1.165) is 38.2 Å². The van der Waals surface area contributed by atoms with E-state index in [1.165, 1.54) is 17.7 Å². The van der Waals surface area contributed by atoms with Crippen molar-refractivity contribution in [3.63, 3.8) is 0 Å². The molecule has 2 saturated carbocycles. The molecule has 37 heavy (non-hydrogen) atoms. The summed E-state index contributed by atoms with van der Waals surface area (Å²) in [6.07, 6.45) is -3.66. The Bertz CT molecular complexity index is 914. The van der Waals surface area contributed by atoms with E-state index in [-0.39, 0.29) is 42.6 Å². The van der Waals surface area contributed by atoms with Crippen LogP contribution in [0.1, 0.15) is 68.6 Å². The fourth-order valence-electron chi connectivity index (χ4n) is 6.18. The van der Waals surface area contributed by atoms with Crippen molar-refractivity contribution < 1.29 is 35.9 Å². The summed E-state index contributed by atoms with van der Waals surface area (Å²) in [7, 11) is 2.12. The highest BCUT2D eigenvalue weighted by Crippen LogP contribution is 2.44. The van der Waals surface area contributed by atoms with Crippen molar-refractivity contribution in [2.75, 3.05) is 26.8 Å². The van der Waals surface area contributed by atoms with E-state index in [2.05, 4.69) is 11.9 Å². The molecule has 1 amide bonds. The van der Waals surface area contributed by atoms with E-state index in [1.54, 1.807) is 0 Å². The maximum absolute atomic E-state index is 13.5. The van der Waals surface area contributed by atoms with Crippen LogP contribution in [0.5, 0.6) is 0 Å². The fraction of sp³-hybridized carbons (Fsp3) is 0.741. The molecule has 0 bridgehead atoms. The van der Waals surface area contributed by atoms with Gasteiger partial charge in [-0.05, 0) is 81.7 Å². The number of rotatable bonds is 8. The summed E-state index contributed by atoms with van der Waals surface area (Å²) in [6, 6.07) is 2.21. The number of benzene rings is 1. The van der Waals surface area contributed by atoms with Crippen molar-refractivity contribution in [1.82, 2.24) is 9.80 Å². The molecule has 4 rings (SSSR count). The first-order valence-electron chi connectivity index (χ1n) is 13.2. The average Bonchev–Trinajstić information content (AvgIpc) is 3.57. The van der Waals surface area contributed by atoms with Crippen LogP contribution in [0.15, 0.2) is 18.2 Å². The van der Waals surface area contributed by atoms with Crippen molar-refractivity contribution in [2.45, 2.75) is 82.9 Å². The molecule has 4 atom stereocenters. The Labute approximate surface area is 214 Å². The van der Waals surface area contributed by atoms with Crippen molar-refractivity contribution >= 4 is 5.91 Å². The standard InChI is InChI=1S/C27H36F6N2O2/c1-3-9-35(15-17-11-20(26(28,29)30)14-21(12-17)27(31,32)33)25(36)19-6-7-22(13-19)34(2)24-8-10-37-16-23(24)18-4-5-18/h11-12,14,18-19,22-24H,3-10,13,15-16H2,1-2H3/t19-,22+,23?,24?/m0/s1. The Balaban J connectivity index is 1.46. The first kappa shape index (κ1) is 28.2. The molecular formula is C27H36F6N2O2. The van der Waals surface area contributed by atoms with E-state index in [9.17, 15) is 31.1 Å². The Morgan fingerprint density at radius 3 is 2.19 bits per heavy atom. The molecule has 0 radical (unpaired) electrons. The van der Waals surface area contributed by atoms with E-state index >= 15 is 0 Å². The monoisotopic (exact) mass is 534 g/mol. The number of hydrogen-bond donors (Lipinski definition) is 0. The smallest absolute Gasteiger partial charge is 0.381 e. The maximum Gasteiger partial charge on any atom is 0.416 e. The van der Waals surface area contributed by atoms with Gasteiger partial charge >= 0.3 is 12.4 Å². The third-order valence-electron chi connectivity index (χ3n) is 8.27. The number of carbonyl (C=O) groups excluding carboxylic acids is 1. The average molecular weight is 535 g/mol. The fourth-order valence-corrected chi connectivity index (χ4v) is 6.18. The summed E-state index contributed by atoms with van der Waals surface area (Å²) >= 11 is 0. The van der Waals surface area contributed by atoms with Gasteiger partial charge in [0.2, 0.25) is 5.91 Å². The minimum Gasteiger partial charge on any atom is -0.381 e. The summed E-state index contributed by atoms with van der Waals surface area (Å²) in [5.74, 6) is 0.745. The van der Waals surface area contributed by atoms with Crippen LogP contribution < -0.4 is 0 Å². The summed E-state index contributed by atoms with van der Waals surface area (Å²) in [4.78, 5) is 17.3. The van der Waals surface area contributed by atoms with Crippen LogP contribution >= 0.6 is 0 Å². The Kier molecular flexibility index (Phi) is 8.48. The van der Waals surface area contributed by atoms with Gasteiger partial charge in [-0.1, -0.05) is 6.92 Å². The molecule has 10 heteroatoms. The van der Waals surface area contributed by atoms with Crippen molar-refractivity contribution in [1.29, 1.82) is 0 Å². The second kappa shape index (κ2) is 11.1. The lowest BCUT2D eigenvalue weighted by Crippen LogP contribution is -2.48. The van der Waals surface area contributed by atoms with Crippen LogP contribution in [0, 0.1) is 17.8 Å². The van der Waals surface area contributed by atoms with E-state index in [0.29, 0.717) is 37.1 Å². The third kappa shape index (κ3) is 6.80. The number of nitrogens with zero attached hydrogens (tertiary/aromatic N) is 2. The molecule has 1 heterocycles. The molecule has 0 spiro atoms. The summed E-state index contributed by atoms with van der Waals surface area (Å²) in [5.41, 5.74) is -2.87. The quantitative estimate of drug-likeness (QED) is 0.363. The SMILES string of the molecule is CCCN(Cc1cc(C(F)(F)F)cc(C(F)(F)F)c1)C(=O)[C@H]1CC[C@@H](N(C)C2CCOCC2C2CC2)C1. The summed E-state index contributed by atoms with van der Waals surface area (Å²) < 4.78 is 85.6. The molecule has 1 aliphatic heterocycles. The largest absolute Gasteiger partial charge is 0.416 e. The number of hydrogen-bond acceptors (Lipinski definition) is 3. The molecule has 0 aromatic heterocycles. The highest BCUT2D eigenvalue weighted by Gasteiger charge is 2.44. The zero-order valence-corrected chi connectivity index (χ0v) is 21.4. The molecule has 1 saturated heterocycles. The second-order valence-electron chi connectivity index (χ2n) is 10.9. The van der Waals surface area contributed by atoms with Gasteiger partial charge in [0.25, 0.3) is 0 Å². The molecule has 2 aliphatic carbocycles. The minimum atomic E-state index is -4.92. The van der Waals surface area contributed by atoms with Gasteiger partial charge in [-0.2, -0.15) is 26.3 Å². The maximum atomic E-state index is 13.5. The molecule has 0 N–H and O–H groups in total. The topological polar surface area (TPSA) is 32.8 Å². The number of ether oxygens (including phenoxy) is 1. The van der Waals surface area contributed by atoms with Crippen LogP contribution in [0.4, 0.5) is 26.3 Å². The minimum absolute atomic E-state index is 0.123. The number of carbonyl (C=O) groups is 1. The first-order valence-corrected chi connectivity index (χ1v) is 13.2. The van der Waals surface area contributed by atoms with Gasteiger partial charge in [0.05, 0.1) is 17.7 Å². The molecule has 2 unspecified atom stereocenters. The predicted octanol–water partition coefficient (Wildman–Crippen LogP) is 6.38. The van der Waals surface area contributed by atoms with Crippen molar-refractivity contribution in [2.24, 2.45) is 17.8 Å². The normalized spacial score (nSPS) is 27.1. The Morgan fingerprint density at radius 2 is 1.62 bits per heavy atom. The molecule has 1 aromatic rings. The number of halogens is 6. The van der Waals surface area contributed by atoms with Crippen LogP contribution in [0.2, 0.25) is 0 Å². The number of amides is 1. The lowest BCUT2D eigenvalue weighted by Gasteiger charge is -2.41. The highest BCUT2D eigenvalue weighted by molar-refractivity contribution is 5.79. The molecule has 4 nitrogen and oxygen atoms in total. The van der Waals surface area contributed by atoms with Gasteiger partial charge in [0, 0.05) is 43.6 Å². The zero-order valence-electron chi connectivity index (χ0n) is 21.4. The lowest BCUT2D eigenvalue weighted by molar-refractivity contribution is -0.143. The Hall–Kier alpha value is -1.81. The van der Waals surface area contributed by atoms with Gasteiger partial charge in [0.15, 0.2) is 0 Å². The van der Waals surface area contributed by atoms with Crippen molar-refractivity contribution in [3.05, 3.63) is 34.9 Å². The van der Waals surface area contributed by atoms with Gasteiger partial charge < -0.3 is 9.64 Å². The van der Waals surface area contributed by atoms with E-state index in [4.69, 9.17) is 4.74 Å². The summed E-state index contributed by atoms with van der Waals surface area (Å²) in [6.45, 7) is 3.34. The molecule has 1 aromatic carbocycles. The van der Waals surface area contributed by atoms with Crippen LogP contribution in [-0.4, -0.2) is 54.6 Å². The first-order chi connectivity index (χ1) is 17.4. The molecule has 3 aliphatic rings. The molecule has 208 valence electrons. The lowest BCUT2D eigenvalue weighted by atomic mass is 9.89. The van der Waals surface area contributed by atoms with Gasteiger partial charge in [0.1, 0.15) is 0 Å². The van der Waals surface area contributed by atoms with Gasteiger partial charge in [-0.15, -0.1) is 0 Å². The third-order valence-corrected chi connectivity index (χ3v) is 8.27. The van der Waals surface area contributed by atoms with Crippen LogP contribution in [0.25, 0.3) is 0 Å². The van der Waals surface area contributed by atoms with Crippen LogP contribution in [-0.2, 0) is 28.4 Å². The second-order valence-corrected chi connectivity index (χ2v) is 10.9. The number of alkyl halides is 6. The summed E-state index contributed by atoms with van der Waals surface area (Å²) in [5, 5.41) is 0. The zero-order chi connectivity index (χ0) is 27.0. The Morgan fingerprint density at radius 1 is 0.973 bits per heavy atom. The molecular weight excluding hydrogens is 498 g/mol. The van der Waals surface area contributed by atoms with Crippen LogP contribution in [0.3, 0.4) is 0 Å². The van der Waals surface area contributed by atoms with Crippen molar-refractivity contribution in [3.8, 4) is 0 Å². The molecule has 3 fully saturated rings. The van der Waals surface area contributed by atoms with E-state index in [1.807, 2.05) is 6.92 Å². The van der Waals surface area contributed by atoms with E-state index < -0.39 is 23.5 Å². The predicted molar refractivity (Wildman–Crippen MR) is 126 cm³/mol.